The molecule has 1 fully saturated rings. The number of likely N-dealkylation sites (tertiary alicyclic amines) is 1. The van der Waals surface area contributed by atoms with E-state index in [1.54, 1.807) is 12.1 Å². The van der Waals surface area contributed by atoms with Crippen LogP contribution in [0.2, 0.25) is 0 Å². The number of carbonyl (C=O) groups is 1. The molecule has 0 radical (unpaired) electrons. The number of amides is 1. The van der Waals surface area contributed by atoms with Crippen molar-refractivity contribution in [2.24, 2.45) is 0 Å². The summed E-state index contributed by atoms with van der Waals surface area (Å²) >= 11 is 0. The van der Waals surface area contributed by atoms with Crippen molar-refractivity contribution in [1.82, 2.24) is 9.88 Å². The van der Waals surface area contributed by atoms with E-state index >= 15 is 0 Å². The molecule has 23 heavy (non-hydrogen) atoms. The zero-order valence-electron chi connectivity index (χ0n) is 14.0. The van der Waals surface area contributed by atoms with Gasteiger partial charge in [0.25, 0.3) is 0 Å². The molecule has 0 aliphatic carbocycles. The Hall–Kier alpha value is -2.29. The van der Waals surface area contributed by atoms with E-state index < -0.39 is 5.60 Å². The van der Waals surface area contributed by atoms with Gasteiger partial charge in [0.05, 0.1) is 11.6 Å². The first-order valence-electron chi connectivity index (χ1n) is 7.99. The summed E-state index contributed by atoms with van der Waals surface area (Å²) in [5, 5.41) is 12.0. The van der Waals surface area contributed by atoms with Crippen LogP contribution in [0.1, 0.15) is 45.6 Å². The molecule has 1 amide bonds. The van der Waals surface area contributed by atoms with Crippen LogP contribution in [-0.2, 0) is 4.74 Å². The number of ether oxygens (including phenoxy) is 1. The van der Waals surface area contributed by atoms with E-state index in [1.165, 1.54) is 6.20 Å². The first-order chi connectivity index (χ1) is 10.9. The molecule has 0 saturated carbocycles. The standard InChI is InChI=1S/C17H24N4O2/c1-17(2,3)23-16(22)21-9-5-4-6-14(21)12-20-15-8-7-13(10-18)11-19-15/h7-8,11,14H,4-6,9,12H2,1-3H3,(H,19,20)/t14-/m0/s1. The molecule has 1 aromatic heterocycles. The van der Waals surface area contributed by atoms with E-state index in [4.69, 9.17) is 10.00 Å². The lowest BCUT2D eigenvalue weighted by Crippen LogP contribution is -2.48. The summed E-state index contributed by atoms with van der Waals surface area (Å²) in [6, 6.07) is 5.64. The fraction of sp³-hybridized carbons (Fsp3) is 0.588. The smallest absolute Gasteiger partial charge is 0.410 e. The summed E-state index contributed by atoms with van der Waals surface area (Å²) in [7, 11) is 0. The Balaban J connectivity index is 1.95. The summed E-state index contributed by atoms with van der Waals surface area (Å²) in [5.41, 5.74) is 0.0462. The topological polar surface area (TPSA) is 78.2 Å². The molecule has 0 aromatic carbocycles. The highest BCUT2D eigenvalue weighted by molar-refractivity contribution is 5.68. The van der Waals surface area contributed by atoms with E-state index in [0.29, 0.717) is 17.9 Å². The van der Waals surface area contributed by atoms with E-state index in [1.807, 2.05) is 31.7 Å². The minimum absolute atomic E-state index is 0.0936. The average molecular weight is 316 g/mol. The first-order valence-corrected chi connectivity index (χ1v) is 7.99. The highest BCUT2D eigenvalue weighted by atomic mass is 16.6. The van der Waals surface area contributed by atoms with Crippen molar-refractivity contribution in [3.05, 3.63) is 23.9 Å². The third kappa shape index (κ3) is 5.13. The van der Waals surface area contributed by atoms with Gasteiger partial charge in [-0.3, -0.25) is 0 Å². The number of nitrogens with zero attached hydrogens (tertiary/aromatic N) is 3. The maximum absolute atomic E-state index is 12.3. The van der Waals surface area contributed by atoms with Crippen molar-refractivity contribution < 1.29 is 9.53 Å². The lowest BCUT2D eigenvalue weighted by atomic mass is 10.0. The SMILES string of the molecule is CC(C)(C)OC(=O)N1CCCC[C@H]1CNc1ccc(C#N)cn1. The number of hydrogen-bond acceptors (Lipinski definition) is 5. The molecule has 124 valence electrons. The second kappa shape index (κ2) is 7.32. The van der Waals surface area contributed by atoms with Crippen molar-refractivity contribution >= 4 is 11.9 Å². The first kappa shape index (κ1) is 17.1. The van der Waals surface area contributed by atoms with Gasteiger partial charge in [-0.2, -0.15) is 5.26 Å². The van der Waals surface area contributed by atoms with E-state index in [0.717, 1.165) is 25.8 Å². The van der Waals surface area contributed by atoms with Crippen LogP contribution in [0.3, 0.4) is 0 Å². The fourth-order valence-corrected chi connectivity index (χ4v) is 2.56. The predicted octanol–water partition coefficient (Wildman–Crippen LogP) is 3.15. The van der Waals surface area contributed by atoms with Crippen molar-refractivity contribution in [1.29, 1.82) is 5.26 Å². The van der Waals surface area contributed by atoms with Crippen LogP contribution in [0, 0.1) is 11.3 Å². The van der Waals surface area contributed by atoms with Gasteiger partial charge in [-0.05, 0) is 52.2 Å². The maximum Gasteiger partial charge on any atom is 0.410 e. The van der Waals surface area contributed by atoms with Crippen molar-refractivity contribution in [3.8, 4) is 6.07 Å². The molecule has 0 unspecified atom stereocenters. The molecular formula is C17H24N4O2. The van der Waals surface area contributed by atoms with Crippen LogP contribution < -0.4 is 5.32 Å². The Labute approximate surface area is 137 Å². The third-order valence-electron chi connectivity index (χ3n) is 3.67. The van der Waals surface area contributed by atoms with Gasteiger partial charge in [0, 0.05) is 19.3 Å². The minimum atomic E-state index is -0.485. The van der Waals surface area contributed by atoms with E-state index in [-0.39, 0.29) is 12.1 Å². The zero-order chi connectivity index (χ0) is 16.9. The molecule has 1 aromatic rings. The monoisotopic (exact) mass is 316 g/mol. The van der Waals surface area contributed by atoms with Crippen LogP contribution in [0.15, 0.2) is 18.3 Å². The maximum atomic E-state index is 12.3. The van der Waals surface area contributed by atoms with Crippen molar-refractivity contribution in [2.45, 2.75) is 51.7 Å². The minimum Gasteiger partial charge on any atom is -0.444 e. The molecule has 1 atom stereocenters. The van der Waals surface area contributed by atoms with Gasteiger partial charge in [0.1, 0.15) is 17.5 Å². The largest absolute Gasteiger partial charge is 0.444 e. The number of piperidine rings is 1. The van der Waals surface area contributed by atoms with Crippen LogP contribution in [-0.4, -0.2) is 40.7 Å². The van der Waals surface area contributed by atoms with Gasteiger partial charge in [0.2, 0.25) is 0 Å². The number of pyridine rings is 1. The molecule has 1 aliphatic rings. The Morgan fingerprint density at radius 1 is 1.48 bits per heavy atom. The van der Waals surface area contributed by atoms with Gasteiger partial charge >= 0.3 is 6.09 Å². The number of anilines is 1. The van der Waals surface area contributed by atoms with Gasteiger partial charge < -0.3 is 15.0 Å². The lowest BCUT2D eigenvalue weighted by Gasteiger charge is -2.36. The van der Waals surface area contributed by atoms with Gasteiger partial charge in [-0.15, -0.1) is 0 Å². The van der Waals surface area contributed by atoms with Gasteiger partial charge in [-0.25, -0.2) is 9.78 Å². The van der Waals surface area contributed by atoms with Crippen LogP contribution in [0.25, 0.3) is 0 Å². The Morgan fingerprint density at radius 3 is 2.87 bits per heavy atom. The number of aromatic nitrogens is 1. The third-order valence-corrected chi connectivity index (χ3v) is 3.67. The Kier molecular flexibility index (Phi) is 5.43. The van der Waals surface area contributed by atoms with Gasteiger partial charge in [0.15, 0.2) is 0 Å². The highest BCUT2D eigenvalue weighted by Gasteiger charge is 2.30. The van der Waals surface area contributed by atoms with Crippen molar-refractivity contribution in [3.63, 3.8) is 0 Å². The van der Waals surface area contributed by atoms with Crippen molar-refractivity contribution in [2.75, 3.05) is 18.4 Å². The molecular weight excluding hydrogens is 292 g/mol. The molecule has 1 N–H and O–H groups in total. The molecule has 2 heterocycles. The summed E-state index contributed by atoms with van der Waals surface area (Å²) < 4.78 is 5.50. The Morgan fingerprint density at radius 2 is 2.26 bits per heavy atom. The summed E-state index contributed by atoms with van der Waals surface area (Å²) in [6.07, 6.45) is 4.34. The number of rotatable bonds is 3. The van der Waals surface area contributed by atoms with Gasteiger partial charge in [-0.1, -0.05) is 0 Å². The molecule has 1 aliphatic heterocycles. The predicted molar refractivity (Wildman–Crippen MR) is 88.0 cm³/mol. The number of carbonyl (C=O) groups excluding carboxylic acids is 1. The zero-order valence-corrected chi connectivity index (χ0v) is 14.0. The van der Waals surface area contributed by atoms with E-state index in [9.17, 15) is 4.79 Å². The fourth-order valence-electron chi connectivity index (χ4n) is 2.56. The number of nitriles is 1. The molecule has 0 spiro atoms. The molecule has 6 nitrogen and oxygen atoms in total. The molecule has 2 rings (SSSR count). The van der Waals surface area contributed by atoms with Crippen LogP contribution in [0.5, 0.6) is 0 Å². The quantitative estimate of drug-likeness (QED) is 0.926. The average Bonchev–Trinajstić information content (AvgIpc) is 2.52. The second-order valence-corrected chi connectivity index (χ2v) is 6.75. The molecule has 0 bridgehead atoms. The highest BCUT2D eigenvalue weighted by Crippen LogP contribution is 2.20. The van der Waals surface area contributed by atoms with Crippen LogP contribution in [0.4, 0.5) is 10.6 Å². The van der Waals surface area contributed by atoms with E-state index in [2.05, 4.69) is 10.3 Å². The molecule has 1 saturated heterocycles. The number of nitrogens with one attached hydrogen (secondary N) is 1. The Bertz CT molecular complexity index is 572. The summed E-state index contributed by atoms with van der Waals surface area (Å²) in [6.45, 7) is 6.98. The summed E-state index contributed by atoms with van der Waals surface area (Å²) in [5.74, 6) is 0.707. The summed E-state index contributed by atoms with van der Waals surface area (Å²) in [4.78, 5) is 18.3. The van der Waals surface area contributed by atoms with Crippen LogP contribution >= 0.6 is 0 Å². The molecule has 6 heteroatoms. The second-order valence-electron chi connectivity index (χ2n) is 6.75. The normalized spacial score (nSPS) is 18.2. The lowest BCUT2D eigenvalue weighted by molar-refractivity contribution is 0.0114. The number of hydrogen-bond donors (Lipinski definition) is 1.